The molecule has 0 aromatic heterocycles. The van der Waals surface area contributed by atoms with Crippen LogP contribution in [0.1, 0.15) is 110 Å². The normalized spacial score (nSPS) is 22.4. The van der Waals surface area contributed by atoms with Crippen molar-refractivity contribution in [2.24, 2.45) is 0 Å². The number of rotatable bonds is 30. The van der Waals surface area contributed by atoms with Crippen LogP contribution in [0.2, 0.25) is 0 Å². The average molecular weight is 745 g/mol. The van der Waals surface area contributed by atoms with E-state index in [0.717, 1.165) is 83.5 Å². The lowest BCUT2D eigenvalue weighted by atomic mass is 9.99. The molecule has 0 radical (unpaired) electrons. The third-order valence-corrected chi connectivity index (χ3v) is 8.37. The maximum absolute atomic E-state index is 12.5. The van der Waals surface area contributed by atoms with Gasteiger partial charge in [-0.05, 0) is 57.8 Å². The summed E-state index contributed by atoms with van der Waals surface area (Å²) in [5.74, 6) is -0.431. The van der Waals surface area contributed by atoms with E-state index in [1.54, 1.807) is 0 Å². The zero-order valence-corrected chi connectivity index (χ0v) is 31.5. The van der Waals surface area contributed by atoms with Gasteiger partial charge in [-0.25, -0.2) is 4.18 Å². The molecule has 0 bridgehead atoms. The van der Waals surface area contributed by atoms with Crippen molar-refractivity contribution in [2.45, 2.75) is 147 Å². The lowest BCUT2D eigenvalue weighted by Crippen LogP contribution is -2.60. The average Bonchev–Trinajstić information content (AvgIpc) is 3.09. The van der Waals surface area contributed by atoms with Crippen LogP contribution in [0, 0.1) is 0 Å². The first kappa shape index (κ1) is 46.8. The molecule has 1 aliphatic heterocycles. The van der Waals surface area contributed by atoms with Crippen molar-refractivity contribution in [1.82, 2.24) is 0 Å². The fraction of sp³-hybridized carbons (Fsp3) is 0.711. The van der Waals surface area contributed by atoms with Gasteiger partial charge >= 0.3 is 16.4 Å². The number of ether oxygens (including phenoxy) is 4. The Balaban J connectivity index is 2.39. The monoisotopic (exact) mass is 744 g/mol. The Morgan fingerprint density at radius 2 is 1.35 bits per heavy atom. The molecule has 1 aliphatic rings. The molecule has 51 heavy (non-hydrogen) atoms. The zero-order valence-electron chi connectivity index (χ0n) is 30.6. The first-order chi connectivity index (χ1) is 24.6. The molecule has 0 aromatic rings. The SMILES string of the molecule is CC/C=C\C/C=C\C/C=C\C/C=C\C/C=C\CCCCCCOCC(COC1OC(CO)C(O)C(OS(=O)(=O)O)C1O)OC(=O)CCCCCC. The molecular weight excluding hydrogens is 680 g/mol. The summed E-state index contributed by atoms with van der Waals surface area (Å²) in [6.45, 7) is 3.63. The summed E-state index contributed by atoms with van der Waals surface area (Å²) in [5.41, 5.74) is 0. The first-order valence-corrected chi connectivity index (χ1v) is 19.9. The van der Waals surface area contributed by atoms with Gasteiger partial charge in [0.25, 0.3) is 0 Å². The summed E-state index contributed by atoms with van der Waals surface area (Å²) < 4.78 is 58.3. The molecule has 4 N–H and O–H groups in total. The summed E-state index contributed by atoms with van der Waals surface area (Å²) in [5, 5.41) is 30.3. The van der Waals surface area contributed by atoms with E-state index in [1.165, 1.54) is 0 Å². The maximum Gasteiger partial charge on any atom is 0.397 e. The predicted octanol–water partition coefficient (Wildman–Crippen LogP) is 6.23. The van der Waals surface area contributed by atoms with Crippen molar-refractivity contribution in [3.8, 4) is 0 Å². The van der Waals surface area contributed by atoms with Gasteiger partial charge in [-0.3, -0.25) is 9.35 Å². The molecule has 13 heteroatoms. The van der Waals surface area contributed by atoms with Crippen molar-refractivity contribution < 1.29 is 56.2 Å². The maximum atomic E-state index is 12.5. The number of esters is 1. The number of hydrogen-bond acceptors (Lipinski definition) is 11. The van der Waals surface area contributed by atoms with Crippen LogP contribution in [-0.4, -0.2) is 97.5 Å². The van der Waals surface area contributed by atoms with Gasteiger partial charge in [-0.15, -0.1) is 0 Å². The Morgan fingerprint density at radius 1 is 0.765 bits per heavy atom. The van der Waals surface area contributed by atoms with Crippen LogP contribution in [0.5, 0.6) is 0 Å². The van der Waals surface area contributed by atoms with E-state index in [-0.39, 0.29) is 19.6 Å². The summed E-state index contributed by atoms with van der Waals surface area (Å²) in [6.07, 6.45) is 26.3. The highest BCUT2D eigenvalue weighted by molar-refractivity contribution is 7.80. The molecule has 0 aromatic carbocycles. The van der Waals surface area contributed by atoms with Gasteiger partial charge in [0, 0.05) is 13.0 Å². The van der Waals surface area contributed by atoms with E-state index in [9.17, 15) is 28.5 Å². The molecule has 12 nitrogen and oxygen atoms in total. The van der Waals surface area contributed by atoms with Crippen LogP contribution >= 0.6 is 0 Å². The highest BCUT2D eigenvalue weighted by Gasteiger charge is 2.48. The molecule has 0 aliphatic carbocycles. The van der Waals surface area contributed by atoms with Gasteiger partial charge in [0.15, 0.2) is 6.29 Å². The first-order valence-electron chi connectivity index (χ1n) is 18.5. The standard InChI is InChI=1S/C38H64O12S/c1-3-5-7-9-10-11-12-13-14-15-16-17-18-19-20-21-22-23-24-26-28-46-30-32(48-34(40)27-25-8-6-4-2)31-47-38-36(42)37(50-51(43,44)45)35(41)33(29-39)49-38/h5,7,10-11,13-14,16-17,19-20,32-33,35-39,41-42H,3-4,6,8-9,12,15,18,21-31H2,1-2H3,(H,43,44,45)/b7-5-,11-10-,14-13-,17-16-,20-19-. The second-order valence-corrected chi connectivity index (χ2v) is 13.5. The van der Waals surface area contributed by atoms with Crippen molar-refractivity contribution in [2.75, 3.05) is 26.4 Å². The van der Waals surface area contributed by atoms with Gasteiger partial charge in [0.1, 0.15) is 30.5 Å². The fourth-order valence-corrected chi connectivity index (χ4v) is 5.62. The third-order valence-electron chi connectivity index (χ3n) is 7.90. The number of carbonyl (C=O) groups is 1. The minimum atomic E-state index is -5.05. The smallest absolute Gasteiger partial charge is 0.397 e. The topological polar surface area (TPSA) is 178 Å². The predicted molar refractivity (Wildman–Crippen MR) is 197 cm³/mol. The van der Waals surface area contributed by atoms with Crippen LogP contribution in [0.15, 0.2) is 60.8 Å². The summed E-state index contributed by atoms with van der Waals surface area (Å²) in [6, 6.07) is 0. The second-order valence-electron chi connectivity index (χ2n) is 12.4. The lowest BCUT2D eigenvalue weighted by Gasteiger charge is -2.41. The van der Waals surface area contributed by atoms with E-state index in [4.69, 9.17) is 23.5 Å². The zero-order chi connectivity index (χ0) is 37.6. The summed E-state index contributed by atoms with van der Waals surface area (Å²) in [7, 11) is -5.05. The van der Waals surface area contributed by atoms with E-state index < -0.39 is 59.8 Å². The second kappa shape index (κ2) is 30.3. The molecule has 0 spiro atoms. The number of aliphatic hydroxyl groups excluding tert-OH is 3. The summed E-state index contributed by atoms with van der Waals surface area (Å²) in [4.78, 5) is 12.5. The van der Waals surface area contributed by atoms with E-state index in [1.807, 2.05) is 0 Å². The number of carbonyl (C=O) groups excluding carboxylic acids is 1. The molecule has 1 fully saturated rings. The van der Waals surface area contributed by atoms with Crippen molar-refractivity contribution >= 4 is 16.4 Å². The van der Waals surface area contributed by atoms with Crippen molar-refractivity contribution in [3.63, 3.8) is 0 Å². The Labute approximate surface area is 306 Å². The number of unbranched alkanes of at least 4 members (excludes halogenated alkanes) is 7. The van der Waals surface area contributed by atoms with Gasteiger partial charge < -0.3 is 34.3 Å². The van der Waals surface area contributed by atoms with Gasteiger partial charge in [0.2, 0.25) is 0 Å². The molecule has 0 amide bonds. The van der Waals surface area contributed by atoms with Crippen LogP contribution in [0.25, 0.3) is 0 Å². The van der Waals surface area contributed by atoms with Crippen molar-refractivity contribution in [3.05, 3.63) is 60.8 Å². The third kappa shape index (κ3) is 24.6. The molecular formula is C38H64O12S. The fourth-order valence-electron chi connectivity index (χ4n) is 5.11. The van der Waals surface area contributed by atoms with Crippen LogP contribution in [-0.2, 0) is 38.3 Å². The molecule has 1 saturated heterocycles. The largest absolute Gasteiger partial charge is 0.457 e. The minimum absolute atomic E-state index is 0.0144. The quantitative estimate of drug-likeness (QED) is 0.0283. The van der Waals surface area contributed by atoms with Gasteiger partial charge in [-0.1, -0.05) is 107 Å². The Hall–Kier alpha value is -2.20. The molecule has 6 atom stereocenters. The molecule has 1 heterocycles. The molecule has 6 unspecified atom stereocenters. The van der Waals surface area contributed by atoms with E-state index in [0.29, 0.717) is 13.0 Å². The van der Waals surface area contributed by atoms with Gasteiger partial charge in [0.05, 0.1) is 19.8 Å². The van der Waals surface area contributed by atoms with Crippen LogP contribution in [0.3, 0.4) is 0 Å². The van der Waals surface area contributed by atoms with Crippen LogP contribution < -0.4 is 0 Å². The molecule has 1 rings (SSSR count). The highest BCUT2D eigenvalue weighted by Crippen LogP contribution is 2.26. The Kier molecular flexibility index (Phi) is 27.8. The summed E-state index contributed by atoms with van der Waals surface area (Å²) >= 11 is 0. The van der Waals surface area contributed by atoms with E-state index >= 15 is 0 Å². The molecule has 0 saturated carbocycles. The number of aliphatic hydroxyl groups is 3. The lowest BCUT2D eigenvalue weighted by molar-refractivity contribution is -0.301. The minimum Gasteiger partial charge on any atom is -0.457 e. The van der Waals surface area contributed by atoms with E-state index in [2.05, 4.69) is 78.8 Å². The Bertz CT molecular complexity index is 1130. The van der Waals surface area contributed by atoms with Crippen molar-refractivity contribution in [1.29, 1.82) is 0 Å². The van der Waals surface area contributed by atoms with Gasteiger partial charge in [-0.2, -0.15) is 8.42 Å². The molecule has 294 valence electrons. The number of hydrogen-bond donors (Lipinski definition) is 4. The van der Waals surface area contributed by atoms with Crippen LogP contribution in [0.4, 0.5) is 0 Å². The highest BCUT2D eigenvalue weighted by atomic mass is 32.3. The Morgan fingerprint density at radius 3 is 1.94 bits per heavy atom. The number of allylic oxidation sites excluding steroid dienone is 10.